The Kier molecular flexibility index (Phi) is 15.0. The third-order valence-electron chi connectivity index (χ3n) is 15.1. The number of esters is 1. The SMILES string of the molecule is CCn1c(-c2cccnc2[C@H](C)OC)c2c3cc(ccc31)-c1cc(O)cc(c1)C[C@H](NC(=O)[C@H](C(C)C)N(C)C(=O)[C@H]1CCN(C(=O)C3CCCN3C)C1)C(=O)N1CCC[C@@](O)(N1)C(=O)OCC(C)(C)C2. The van der Waals surface area contributed by atoms with Gasteiger partial charge in [-0.25, -0.2) is 4.79 Å². The van der Waals surface area contributed by atoms with E-state index < -0.39 is 46.9 Å². The van der Waals surface area contributed by atoms with Gasteiger partial charge in [0.1, 0.15) is 17.8 Å². The van der Waals surface area contributed by atoms with Crippen LogP contribution in [0.4, 0.5) is 0 Å². The third kappa shape index (κ3) is 10.4. The van der Waals surface area contributed by atoms with E-state index in [1.807, 2.05) is 65.9 Å². The maximum atomic E-state index is 14.8. The number of fused-ring (bicyclic) bond motifs is 6. The van der Waals surface area contributed by atoms with E-state index in [1.165, 1.54) is 4.90 Å². The van der Waals surface area contributed by atoms with Gasteiger partial charge in [-0.3, -0.25) is 34.1 Å². The summed E-state index contributed by atoms with van der Waals surface area (Å²) in [7, 11) is 5.19. The number of likely N-dealkylation sites (N-methyl/N-ethyl adjacent to an activating group) is 2. The Hall–Kier alpha value is -5.88. The number of aliphatic hydroxyl groups is 1. The number of hydrazine groups is 1. The third-order valence-corrected chi connectivity index (χ3v) is 15.1. The lowest BCUT2D eigenvalue weighted by Crippen LogP contribution is -2.67. The van der Waals surface area contributed by atoms with Crippen LogP contribution in [0.5, 0.6) is 5.75 Å². The highest BCUT2D eigenvalue weighted by Crippen LogP contribution is 2.42. The predicted molar refractivity (Wildman–Crippen MR) is 268 cm³/mol. The number of nitrogens with zero attached hydrogens (tertiary/aromatic N) is 6. The normalized spacial score (nSPS) is 23.9. The second-order valence-electron chi connectivity index (χ2n) is 21.3. The number of cyclic esters (lactones) is 1. The highest BCUT2D eigenvalue weighted by Gasteiger charge is 2.46. The lowest BCUT2D eigenvalue weighted by atomic mass is 9.84. The number of pyridine rings is 1. The van der Waals surface area contributed by atoms with Crippen LogP contribution < -0.4 is 10.7 Å². The van der Waals surface area contributed by atoms with Crippen molar-refractivity contribution in [2.24, 2.45) is 17.3 Å². The molecule has 4 amide bonds. The van der Waals surface area contributed by atoms with Gasteiger partial charge in [-0.15, -0.1) is 0 Å². The minimum atomic E-state index is -2.27. The molecular formula is C54H72N8O9. The Morgan fingerprint density at radius 1 is 1.03 bits per heavy atom. The van der Waals surface area contributed by atoms with Crippen LogP contribution in [-0.2, 0) is 52.8 Å². The van der Waals surface area contributed by atoms with E-state index in [-0.39, 0.29) is 74.6 Å². The summed E-state index contributed by atoms with van der Waals surface area (Å²) in [5.41, 5.74) is 6.45. The van der Waals surface area contributed by atoms with Crippen molar-refractivity contribution in [1.29, 1.82) is 0 Å². The molecule has 4 aliphatic heterocycles. The topological polar surface area (TPSA) is 199 Å². The van der Waals surface area contributed by atoms with E-state index in [1.54, 1.807) is 37.4 Å². The standard InChI is InChI=1S/C54H72N8O9/c1-10-61-43-17-16-35-28-40(43)41(47(61)39-14-11-20-55-45(39)33(4)70-9)29-53(5,6)31-71-52(68)54(69)19-13-22-62(57-54)50(66)42(26-34-24-37(35)27-38(63)25-34)56-48(64)46(32(2)3)59(8)49(65)36-18-23-60(30-36)51(67)44-15-12-21-58(44)7/h11,14,16-17,20,24-25,27-28,32-33,36,42,44,46,57,63,69H,10,12-13,15,18-19,21-23,26,29-31H2,1-9H3,(H,56,64)/t33-,36-,42-,44?,46-,54-/m0/s1. The van der Waals surface area contributed by atoms with Gasteiger partial charge in [-0.1, -0.05) is 39.8 Å². The summed E-state index contributed by atoms with van der Waals surface area (Å²) in [4.78, 5) is 81.3. The van der Waals surface area contributed by atoms with Crippen molar-refractivity contribution in [2.45, 2.75) is 123 Å². The van der Waals surface area contributed by atoms with Crippen LogP contribution in [0.3, 0.4) is 0 Å². The van der Waals surface area contributed by atoms with Crippen LogP contribution in [0.2, 0.25) is 0 Å². The van der Waals surface area contributed by atoms with Crippen molar-refractivity contribution < 1.29 is 43.7 Å². The summed E-state index contributed by atoms with van der Waals surface area (Å²) in [6, 6.07) is 12.7. The summed E-state index contributed by atoms with van der Waals surface area (Å²) in [6.45, 7) is 14.0. The van der Waals surface area contributed by atoms with Crippen LogP contribution in [0.25, 0.3) is 33.3 Å². The minimum absolute atomic E-state index is 0.0264. The fourth-order valence-electron chi connectivity index (χ4n) is 11.3. The number of hydrogen-bond acceptors (Lipinski definition) is 12. The minimum Gasteiger partial charge on any atom is -0.508 e. The van der Waals surface area contributed by atoms with Crippen molar-refractivity contribution in [3.63, 3.8) is 0 Å². The van der Waals surface area contributed by atoms with Crippen molar-refractivity contribution in [3.8, 4) is 28.1 Å². The second kappa shape index (κ2) is 20.7. The molecule has 4 N–H and O–H groups in total. The fraction of sp³-hybridized carbons (Fsp3) is 0.556. The number of amides is 4. The van der Waals surface area contributed by atoms with Crippen molar-refractivity contribution in [2.75, 3.05) is 54.0 Å². The number of phenols is 1. The molecule has 6 heterocycles. The van der Waals surface area contributed by atoms with Gasteiger partial charge in [-0.2, -0.15) is 5.43 Å². The predicted octanol–water partition coefficient (Wildman–Crippen LogP) is 5.20. The first kappa shape index (κ1) is 51.5. The highest BCUT2D eigenvalue weighted by atomic mass is 16.6. The summed E-state index contributed by atoms with van der Waals surface area (Å²) in [5.74, 6) is -3.31. The van der Waals surface area contributed by atoms with Gasteiger partial charge < -0.3 is 39.4 Å². The monoisotopic (exact) mass is 977 g/mol. The number of aromatic hydroxyl groups is 1. The van der Waals surface area contributed by atoms with Gasteiger partial charge in [0.25, 0.3) is 5.91 Å². The maximum Gasteiger partial charge on any atom is 0.355 e. The van der Waals surface area contributed by atoms with E-state index >= 15 is 0 Å². The molecule has 3 fully saturated rings. The summed E-state index contributed by atoms with van der Waals surface area (Å²) in [5, 5.41) is 28.4. The molecule has 17 nitrogen and oxygen atoms in total. The zero-order valence-corrected chi connectivity index (χ0v) is 42.8. The number of hydrogen-bond donors (Lipinski definition) is 4. The van der Waals surface area contributed by atoms with Gasteiger partial charge >= 0.3 is 5.97 Å². The molecule has 1 unspecified atom stereocenters. The molecule has 0 saturated carbocycles. The molecule has 3 saturated heterocycles. The molecule has 0 aliphatic carbocycles. The Morgan fingerprint density at radius 2 is 1.80 bits per heavy atom. The molecule has 0 spiro atoms. The van der Waals surface area contributed by atoms with Gasteiger partial charge in [0, 0.05) is 81.3 Å². The van der Waals surface area contributed by atoms with E-state index in [4.69, 9.17) is 14.5 Å². The number of methoxy groups -OCH3 is 1. The van der Waals surface area contributed by atoms with Crippen LogP contribution >= 0.6 is 0 Å². The molecule has 382 valence electrons. The van der Waals surface area contributed by atoms with E-state index in [2.05, 4.69) is 39.3 Å². The Balaban J connectivity index is 1.17. The zero-order valence-electron chi connectivity index (χ0n) is 42.8. The van der Waals surface area contributed by atoms with Crippen LogP contribution in [-0.4, -0.2) is 147 Å². The van der Waals surface area contributed by atoms with Crippen molar-refractivity contribution in [1.82, 2.24) is 40.0 Å². The number of carbonyl (C=O) groups excluding carboxylic acids is 5. The average Bonchev–Trinajstić information content (AvgIpc) is 4.09. The second-order valence-corrected chi connectivity index (χ2v) is 21.3. The number of aryl methyl sites for hydroxylation is 1. The number of carbonyl (C=O) groups is 5. The molecule has 2 aromatic carbocycles. The molecule has 6 bridgehead atoms. The molecule has 17 heteroatoms. The van der Waals surface area contributed by atoms with Crippen LogP contribution in [0, 0.1) is 17.3 Å². The fourth-order valence-corrected chi connectivity index (χ4v) is 11.3. The molecule has 2 aromatic heterocycles. The van der Waals surface area contributed by atoms with E-state index in [0.717, 1.165) is 63.4 Å². The quantitative estimate of drug-likeness (QED) is 0.152. The molecule has 0 radical (unpaired) electrons. The number of benzene rings is 2. The summed E-state index contributed by atoms with van der Waals surface area (Å²) < 4.78 is 14.0. The number of likely N-dealkylation sites (tertiary alicyclic amines) is 2. The lowest BCUT2D eigenvalue weighted by Gasteiger charge is -2.40. The molecular weight excluding hydrogens is 905 g/mol. The van der Waals surface area contributed by atoms with Crippen molar-refractivity contribution in [3.05, 3.63) is 71.5 Å². The van der Waals surface area contributed by atoms with Crippen LogP contribution in [0.1, 0.15) is 96.6 Å². The summed E-state index contributed by atoms with van der Waals surface area (Å²) >= 11 is 0. The van der Waals surface area contributed by atoms with E-state index in [0.29, 0.717) is 37.1 Å². The van der Waals surface area contributed by atoms with Gasteiger partial charge in [0.2, 0.25) is 23.4 Å². The molecule has 4 aromatic rings. The first-order valence-electron chi connectivity index (χ1n) is 25.3. The van der Waals surface area contributed by atoms with Crippen molar-refractivity contribution >= 4 is 40.5 Å². The van der Waals surface area contributed by atoms with Gasteiger partial charge in [0.05, 0.1) is 36.1 Å². The van der Waals surface area contributed by atoms with E-state index in [9.17, 15) is 34.2 Å². The number of ether oxygens (including phenoxy) is 2. The smallest absolute Gasteiger partial charge is 0.355 e. The Morgan fingerprint density at radius 3 is 2.51 bits per heavy atom. The Bertz CT molecular complexity index is 2680. The highest BCUT2D eigenvalue weighted by molar-refractivity contribution is 5.96. The molecule has 8 rings (SSSR count). The number of aromatic nitrogens is 2. The molecule has 6 atom stereocenters. The number of nitrogens with one attached hydrogen (secondary N) is 2. The first-order chi connectivity index (χ1) is 33.7. The maximum absolute atomic E-state index is 14.8. The molecule has 4 aliphatic rings. The average molecular weight is 977 g/mol. The largest absolute Gasteiger partial charge is 0.508 e. The number of phenolic OH excluding ortho intramolecular Hbond substituents is 1. The van der Waals surface area contributed by atoms with Gasteiger partial charge in [-0.05, 0) is 124 Å². The summed E-state index contributed by atoms with van der Waals surface area (Å²) in [6.07, 6.45) is 4.21. The lowest BCUT2D eigenvalue weighted by molar-refractivity contribution is -0.189. The first-order valence-corrected chi connectivity index (χ1v) is 25.3. The zero-order chi connectivity index (χ0) is 51.1. The van der Waals surface area contributed by atoms with Gasteiger partial charge in [0.15, 0.2) is 0 Å². The Labute approximate surface area is 416 Å². The van der Waals surface area contributed by atoms with Crippen LogP contribution in [0.15, 0.2) is 54.7 Å². The molecule has 71 heavy (non-hydrogen) atoms. The number of rotatable bonds is 10.